The monoisotopic (exact) mass is 282 g/mol. The molecule has 0 bridgehead atoms. The van der Waals surface area contributed by atoms with Crippen molar-refractivity contribution in [3.63, 3.8) is 0 Å². The van der Waals surface area contributed by atoms with Gasteiger partial charge in [0.15, 0.2) is 0 Å². The molecular formula is C6H4Na2O6S2. The van der Waals surface area contributed by atoms with E-state index in [4.69, 9.17) is 0 Å². The maximum absolute atomic E-state index is 10.5. The van der Waals surface area contributed by atoms with E-state index in [1.54, 1.807) is 0 Å². The molecule has 0 aliphatic rings. The van der Waals surface area contributed by atoms with Crippen molar-refractivity contribution in [2.75, 3.05) is 0 Å². The summed E-state index contributed by atoms with van der Waals surface area (Å²) in [4.78, 5) is -0.541. The van der Waals surface area contributed by atoms with Crippen molar-refractivity contribution in [1.82, 2.24) is 0 Å². The molecule has 0 radical (unpaired) electrons. The van der Waals surface area contributed by atoms with E-state index in [9.17, 15) is 21.7 Å². The fourth-order valence-corrected chi connectivity index (χ4v) is 1.53. The van der Waals surface area contributed by atoms with E-state index in [0.717, 1.165) is 12.1 Å². The van der Waals surface area contributed by atoms with Gasteiger partial charge in [0.25, 0.3) is 0 Å². The Kier molecular flexibility index (Phi) is 9.93. The van der Waals surface area contributed by atoms with E-state index in [0.29, 0.717) is 0 Å². The van der Waals surface area contributed by atoms with Crippen molar-refractivity contribution in [2.24, 2.45) is 0 Å². The molecule has 78 valence electrons. The van der Waals surface area contributed by atoms with Gasteiger partial charge in [0.2, 0.25) is 0 Å². The predicted molar refractivity (Wildman–Crippen MR) is 44.0 cm³/mol. The second-order valence-electron chi connectivity index (χ2n) is 2.22. The molecule has 0 N–H and O–H groups in total. The molecule has 16 heavy (non-hydrogen) atoms. The first-order valence-corrected chi connectivity index (χ1v) is 5.64. The van der Waals surface area contributed by atoms with Gasteiger partial charge in [-0.1, -0.05) is 6.07 Å². The molecule has 0 spiro atoms. The zero-order chi connectivity index (χ0) is 10.8. The van der Waals surface area contributed by atoms with Gasteiger partial charge in [-0.3, -0.25) is 0 Å². The third-order valence-electron chi connectivity index (χ3n) is 1.26. The van der Waals surface area contributed by atoms with Gasteiger partial charge in [-0.25, -0.2) is 12.6 Å². The van der Waals surface area contributed by atoms with Crippen molar-refractivity contribution >= 4 is 21.5 Å². The zero-order valence-electron chi connectivity index (χ0n) is 8.58. The summed E-state index contributed by atoms with van der Waals surface area (Å²) < 4.78 is 55.8. The SMILES string of the molecule is O=S([O-])Oc1cccc(S(=O)(=O)[O-])c1.[Na+].[Na+]. The van der Waals surface area contributed by atoms with Crippen LogP contribution in [-0.2, 0) is 21.5 Å². The van der Waals surface area contributed by atoms with Crippen LogP contribution >= 0.6 is 0 Å². The van der Waals surface area contributed by atoms with Gasteiger partial charge < -0.3 is 13.3 Å². The van der Waals surface area contributed by atoms with Gasteiger partial charge in [0, 0.05) is 0 Å². The molecule has 0 aliphatic carbocycles. The second-order valence-corrected chi connectivity index (χ2v) is 4.17. The molecule has 0 aliphatic heterocycles. The van der Waals surface area contributed by atoms with Crippen LogP contribution in [0, 0.1) is 0 Å². The fourth-order valence-electron chi connectivity index (χ4n) is 0.760. The maximum atomic E-state index is 10.5. The molecule has 1 atom stereocenters. The van der Waals surface area contributed by atoms with Crippen molar-refractivity contribution in [1.29, 1.82) is 0 Å². The van der Waals surface area contributed by atoms with E-state index in [1.807, 2.05) is 0 Å². The number of rotatable bonds is 3. The van der Waals surface area contributed by atoms with Crippen LogP contribution in [0.4, 0.5) is 0 Å². The van der Waals surface area contributed by atoms with Crippen LogP contribution in [0.5, 0.6) is 5.75 Å². The van der Waals surface area contributed by atoms with Gasteiger partial charge in [0.05, 0.1) is 4.90 Å². The van der Waals surface area contributed by atoms with Crippen molar-refractivity contribution in [3.05, 3.63) is 24.3 Å². The smallest absolute Gasteiger partial charge is 0.744 e. The molecule has 0 fully saturated rings. The summed E-state index contributed by atoms with van der Waals surface area (Å²) in [5.41, 5.74) is 0. The molecule has 10 heteroatoms. The van der Waals surface area contributed by atoms with Crippen molar-refractivity contribution in [3.8, 4) is 5.75 Å². The number of hydrogen-bond acceptors (Lipinski definition) is 6. The molecule has 1 aromatic carbocycles. The van der Waals surface area contributed by atoms with E-state index < -0.39 is 26.4 Å². The maximum Gasteiger partial charge on any atom is 1.00 e. The van der Waals surface area contributed by atoms with Crippen LogP contribution in [0.2, 0.25) is 0 Å². The predicted octanol–water partition coefficient (Wildman–Crippen LogP) is -6.23. The Hall–Kier alpha value is 1.04. The first-order valence-electron chi connectivity index (χ1n) is 3.23. The Morgan fingerprint density at radius 1 is 1.25 bits per heavy atom. The molecule has 0 aromatic heterocycles. The summed E-state index contributed by atoms with van der Waals surface area (Å²) in [6.07, 6.45) is 0. The third-order valence-corrected chi connectivity index (χ3v) is 2.42. The molecule has 1 aromatic rings. The summed E-state index contributed by atoms with van der Waals surface area (Å²) in [5.74, 6) is -0.227. The topological polar surface area (TPSA) is 107 Å². The van der Waals surface area contributed by atoms with Crippen LogP contribution in [-0.4, -0.2) is 21.7 Å². The van der Waals surface area contributed by atoms with Gasteiger partial charge >= 0.3 is 59.1 Å². The van der Waals surface area contributed by atoms with E-state index in [-0.39, 0.29) is 64.9 Å². The minimum atomic E-state index is -4.59. The van der Waals surface area contributed by atoms with Gasteiger partial charge in [0.1, 0.15) is 27.2 Å². The van der Waals surface area contributed by atoms with Crippen molar-refractivity contribution < 1.29 is 85.0 Å². The Balaban J connectivity index is 0. The number of hydrogen-bond donors (Lipinski definition) is 0. The van der Waals surface area contributed by atoms with E-state index in [1.165, 1.54) is 12.1 Å². The van der Waals surface area contributed by atoms with Crippen LogP contribution in [0.1, 0.15) is 0 Å². The minimum absolute atomic E-state index is 0. The minimum Gasteiger partial charge on any atom is -0.744 e. The van der Waals surface area contributed by atoms with Crippen molar-refractivity contribution in [2.45, 2.75) is 4.90 Å². The quantitative estimate of drug-likeness (QED) is 0.310. The molecule has 1 rings (SSSR count). The molecule has 0 saturated heterocycles. The first kappa shape index (κ1) is 19.4. The van der Waals surface area contributed by atoms with Crippen LogP contribution in [0.15, 0.2) is 29.2 Å². The third kappa shape index (κ3) is 6.70. The molecule has 0 saturated carbocycles. The standard InChI is InChI=1S/C6H6O6S2.2Na/c7-13(8)12-5-2-1-3-6(4-5)14(9,10)11;;/h1-4H,(H,7,8)(H,9,10,11);;/q;2*+1/p-2. The average molecular weight is 282 g/mol. The Labute approximate surface area is 140 Å². The molecular weight excluding hydrogens is 278 g/mol. The molecule has 0 heterocycles. The second kappa shape index (κ2) is 8.20. The van der Waals surface area contributed by atoms with Crippen LogP contribution < -0.4 is 63.3 Å². The summed E-state index contributed by atoms with van der Waals surface area (Å²) in [7, 11) is -4.59. The van der Waals surface area contributed by atoms with Crippen LogP contribution in [0.3, 0.4) is 0 Å². The van der Waals surface area contributed by atoms with E-state index >= 15 is 0 Å². The van der Waals surface area contributed by atoms with Gasteiger partial charge in [-0.05, 0) is 18.2 Å². The van der Waals surface area contributed by atoms with Crippen LogP contribution in [0.25, 0.3) is 0 Å². The summed E-state index contributed by atoms with van der Waals surface area (Å²) in [5, 5.41) is 0. The normalized spacial score (nSPS) is 11.9. The summed E-state index contributed by atoms with van der Waals surface area (Å²) in [6.45, 7) is 0. The summed E-state index contributed by atoms with van der Waals surface area (Å²) >= 11 is -2.80. The Bertz CT molecular complexity index is 460. The molecule has 1 unspecified atom stereocenters. The van der Waals surface area contributed by atoms with Gasteiger partial charge in [-0.2, -0.15) is 0 Å². The Morgan fingerprint density at radius 3 is 2.25 bits per heavy atom. The molecule has 0 amide bonds. The fraction of sp³-hybridized carbons (Fsp3) is 0. The van der Waals surface area contributed by atoms with E-state index in [2.05, 4.69) is 4.18 Å². The van der Waals surface area contributed by atoms with Gasteiger partial charge in [-0.15, -0.1) is 0 Å². The number of benzene rings is 1. The summed E-state index contributed by atoms with van der Waals surface area (Å²) in [6, 6.07) is 4.29. The Morgan fingerprint density at radius 2 is 1.81 bits per heavy atom. The average Bonchev–Trinajstić information content (AvgIpc) is 2.01. The largest absolute Gasteiger partial charge is 1.00 e. The zero-order valence-corrected chi connectivity index (χ0v) is 14.2. The first-order chi connectivity index (χ1) is 6.39. The molecule has 6 nitrogen and oxygen atoms in total.